The molecule has 128 valence electrons. The zero-order valence-corrected chi connectivity index (χ0v) is 13.2. The van der Waals surface area contributed by atoms with Crippen molar-refractivity contribution in [2.24, 2.45) is 5.10 Å². The first-order chi connectivity index (χ1) is 11.9. The van der Waals surface area contributed by atoms with Crippen molar-refractivity contribution < 1.29 is 14.6 Å². The summed E-state index contributed by atoms with van der Waals surface area (Å²) in [5.41, 5.74) is 3.78. The van der Waals surface area contributed by atoms with Gasteiger partial charge in [-0.1, -0.05) is 24.3 Å². The molecule has 0 atom stereocenters. The number of non-ortho nitro benzene ring substituents is 2. The third kappa shape index (κ3) is 4.93. The van der Waals surface area contributed by atoms with Crippen LogP contribution < -0.4 is 5.43 Å². The molecule has 1 N–H and O–H groups in total. The van der Waals surface area contributed by atoms with Crippen LogP contribution in [0.2, 0.25) is 0 Å². The third-order valence-corrected chi connectivity index (χ3v) is 3.33. The van der Waals surface area contributed by atoms with Gasteiger partial charge in [-0.05, 0) is 12.5 Å². The molecular formula is C16H14N4O5. The van der Waals surface area contributed by atoms with E-state index in [-0.39, 0.29) is 17.8 Å². The van der Waals surface area contributed by atoms with Crippen molar-refractivity contribution in [1.29, 1.82) is 0 Å². The maximum absolute atomic E-state index is 11.9. The number of hydrogen-bond donors (Lipinski definition) is 1. The van der Waals surface area contributed by atoms with E-state index in [1.54, 1.807) is 13.0 Å². The lowest BCUT2D eigenvalue weighted by atomic mass is 10.1. The second-order valence-corrected chi connectivity index (χ2v) is 5.14. The van der Waals surface area contributed by atoms with Gasteiger partial charge in [0.1, 0.15) is 0 Å². The minimum atomic E-state index is -0.517. The molecule has 0 aliphatic carbocycles. The van der Waals surface area contributed by atoms with E-state index in [0.29, 0.717) is 16.8 Å². The Hall–Kier alpha value is -3.62. The van der Waals surface area contributed by atoms with E-state index in [0.717, 1.165) is 0 Å². The van der Waals surface area contributed by atoms with Crippen LogP contribution in [0.5, 0.6) is 0 Å². The largest absolute Gasteiger partial charge is 0.273 e. The molecule has 0 saturated heterocycles. The van der Waals surface area contributed by atoms with E-state index >= 15 is 0 Å². The Morgan fingerprint density at radius 3 is 2.28 bits per heavy atom. The molecule has 2 rings (SSSR count). The number of nitrogens with one attached hydrogen (secondary N) is 1. The van der Waals surface area contributed by atoms with Crippen LogP contribution in [0, 0.1) is 20.2 Å². The van der Waals surface area contributed by atoms with Gasteiger partial charge in [-0.2, -0.15) is 5.10 Å². The Labute approximate surface area is 142 Å². The zero-order chi connectivity index (χ0) is 18.4. The van der Waals surface area contributed by atoms with E-state index in [4.69, 9.17) is 0 Å². The van der Waals surface area contributed by atoms with E-state index in [1.807, 2.05) is 0 Å². The maximum atomic E-state index is 11.9. The Balaban J connectivity index is 2.00. The van der Waals surface area contributed by atoms with Crippen LogP contribution in [0.25, 0.3) is 0 Å². The predicted molar refractivity (Wildman–Crippen MR) is 90.3 cm³/mol. The smallest absolute Gasteiger partial charge is 0.270 e. The molecule has 0 aromatic heterocycles. The van der Waals surface area contributed by atoms with Crippen LogP contribution in [-0.4, -0.2) is 21.5 Å². The number of amides is 1. The third-order valence-electron chi connectivity index (χ3n) is 3.33. The summed E-state index contributed by atoms with van der Waals surface area (Å²) in [5.74, 6) is -0.404. The Morgan fingerprint density at radius 1 is 1.04 bits per heavy atom. The number of hydrazone groups is 1. The molecule has 0 bridgehead atoms. The normalized spacial score (nSPS) is 11.0. The van der Waals surface area contributed by atoms with E-state index < -0.39 is 15.8 Å². The topological polar surface area (TPSA) is 128 Å². The van der Waals surface area contributed by atoms with Crippen molar-refractivity contribution in [2.75, 3.05) is 0 Å². The van der Waals surface area contributed by atoms with Crippen molar-refractivity contribution in [1.82, 2.24) is 5.43 Å². The molecule has 0 radical (unpaired) electrons. The molecule has 25 heavy (non-hydrogen) atoms. The molecule has 9 heteroatoms. The van der Waals surface area contributed by atoms with Crippen LogP contribution in [0.4, 0.5) is 11.4 Å². The second-order valence-electron chi connectivity index (χ2n) is 5.14. The van der Waals surface area contributed by atoms with Crippen molar-refractivity contribution >= 4 is 23.0 Å². The number of nitrogens with zero attached hydrogens (tertiary/aromatic N) is 3. The SMILES string of the molecule is C/C(=N\NC(=O)Cc1ccc([N+](=O)[O-])cc1)c1cccc([N+](=O)[O-])c1. The van der Waals surface area contributed by atoms with Gasteiger partial charge in [-0.25, -0.2) is 5.43 Å². The van der Waals surface area contributed by atoms with Gasteiger partial charge in [0.25, 0.3) is 11.4 Å². The number of nitro groups is 2. The van der Waals surface area contributed by atoms with Crippen LogP contribution in [0.15, 0.2) is 53.6 Å². The van der Waals surface area contributed by atoms with Gasteiger partial charge in [0.15, 0.2) is 0 Å². The fraction of sp³-hybridized carbons (Fsp3) is 0.125. The predicted octanol–water partition coefficient (Wildman–Crippen LogP) is 2.59. The molecule has 0 spiro atoms. The number of nitro benzene ring substituents is 2. The highest BCUT2D eigenvalue weighted by Crippen LogP contribution is 2.14. The Kier molecular flexibility index (Phi) is 5.51. The molecule has 0 unspecified atom stereocenters. The van der Waals surface area contributed by atoms with Crippen LogP contribution in [0.1, 0.15) is 18.1 Å². The van der Waals surface area contributed by atoms with Gasteiger partial charge >= 0.3 is 0 Å². The molecule has 0 heterocycles. The molecule has 0 saturated carbocycles. The first-order valence-corrected chi connectivity index (χ1v) is 7.18. The first kappa shape index (κ1) is 17.7. The number of hydrogen-bond acceptors (Lipinski definition) is 6. The molecule has 0 aliphatic rings. The summed E-state index contributed by atoms with van der Waals surface area (Å²) in [6.07, 6.45) is 0.00368. The average molecular weight is 342 g/mol. The molecule has 2 aromatic carbocycles. The van der Waals surface area contributed by atoms with Gasteiger partial charge in [-0.15, -0.1) is 0 Å². The fourth-order valence-electron chi connectivity index (χ4n) is 2.02. The number of benzene rings is 2. The summed E-state index contributed by atoms with van der Waals surface area (Å²) in [7, 11) is 0. The highest BCUT2D eigenvalue weighted by atomic mass is 16.6. The summed E-state index contributed by atoms with van der Waals surface area (Å²) in [4.78, 5) is 32.2. The van der Waals surface area contributed by atoms with Crippen molar-refractivity contribution in [3.63, 3.8) is 0 Å². The van der Waals surface area contributed by atoms with Crippen molar-refractivity contribution in [2.45, 2.75) is 13.3 Å². The van der Waals surface area contributed by atoms with Crippen molar-refractivity contribution in [3.8, 4) is 0 Å². The summed E-state index contributed by atoms with van der Waals surface area (Å²) in [5, 5.41) is 25.3. The fourth-order valence-corrected chi connectivity index (χ4v) is 2.02. The lowest BCUT2D eigenvalue weighted by molar-refractivity contribution is -0.385. The minimum absolute atomic E-state index is 0.00368. The van der Waals surface area contributed by atoms with Crippen LogP contribution in [0.3, 0.4) is 0 Å². The maximum Gasteiger partial charge on any atom is 0.270 e. The molecule has 1 amide bonds. The molecular weight excluding hydrogens is 328 g/mol. The van der Waals surface area contributed by atoms with Gasteiger partial charge in [0.05, 0.1) is 22.0 Å². The molecule has 9 nitrogen and oxygen atoms in total. The average Bonchev–Trinajstić information content (AvgIpc) is 2.60. The molecule has 0 fully saturated rings. The second kappa shape index (κ2) is 7.77. The number of rotatable bonds is 6. The summed E-state index contributed by atoms with van der Waals surface area (Å²) >= 11 is 0. The standard InChI is InChI=1S/C16H14N4O5/c1-11(13-3-2-4-15(10-13)20(24)25)17-18-16(21)9-12-5-7-14(8-6-12)19(22)23/h2-8,10H,9H2,1H3,(H,18,21)/b17-11+. The highest BCUT2D eigenvalue weighted by molar-refractivity contribution is 5.99. The summed E-state index contributed by atoms with van der Waals surface area (Å²) < 4.78 is 0. The van der Waals surface area contributed by atoms with Crippen molar-refractivity contribution in [3.05, 3.63) is 79.9 Å². The Bertz CT molecular complexity index is 846. The van der Waals surface area contributed by atoms with Gasteiger partial charge in [-0.3, -0.25) is 25.0 Å². The van der Waals surface area contributed by atoms with Crippen LogP contribution >= 0.6 is 0 Å². The molecule has 2 aromatic rings. The number of carbonyl (C=O) groups excluding carboxylic acids is 1. The Morgan fingerprint density at radius 2 is 1.68 bits per heavy atom. The van der Waals surface area contributed by atoms with Gasteiger partial charge < -0.3 is 0 Å². The van der Waals surface area contributed by atoms with Crippen LogP contribution in [-0.2, 0) is 11.2 Å². The van der Waals surface area contributed by atoms with Gasteiger partial charge in [0.2, 0.25) is 5.91 Å². The van der Waals surface area contributed by atoms with Gasteiger partial charge in [0, 0.05) is 29.8 Å². The van der Waals surface area contributed by atoms with E-state index in [2.05, 4.69) is 10.5 Å². The minimum Gasteiger partial charge on any atom is -0.273 e. The highest BCUT2D eigenvalue weighted by Gasteiger charge is 2.09. The first-order valence-electron chi connectivity index (χ1n) is 7.18. The van der Waals surface area contributed by atoms with E-state index in [1.165, 1.54) is 42.5 Å². The lowest BCUT2D eigenvalue weighted by Gasteiger charge is -2.03. The zero-order valence-electron chi connectivity index (χ0n) is 13.2. The van der Waals surface area contributed by atoms with E-state index in [9.17, 15) is 25.0 Å². The summed E-state index contributed by atoms with van der Waals surface area (Å²) in [6.45, 7) is 1.62. The quantitative estimate of drug-likeness (QED) is 0.490. The molecule has 0 aliphatic heterocycles. The summed E-state index contributed by atoms with van der Waals surface area (Å²) in [6, 6.07) is 11.5. The number of carbonyl (C=O) groups is 1. The lowest BCUT2D eigenvalue weighted by Crippen LogP contribution is -2.21. The monoisotopic (exact) mass is 342 g/mol.